The van der Waals surface area contributed by atoms with E-state index in [2.05, 4.69) is 37.1 Å². The number of hydrogen-bond donors (Lipinski definition) is 3. The van der Waals surface area contributed by atoms with E-state index < -0.39 is 17.9 Å². The number of amides is 1. The average molecular weight is 620 g/mol. The number of carbonyl (C=O) groups is 2. The summed E-state index contributed by atoms with van der Waals surface area (Å²) in [6.07, 6.45) is 1.37. The van der Waals surface area contributed by atoms with Gasteiger partial charge in [0.25, 0.3) is 5.91 Å². The van der Waals surface area contributed by atoms with Gasteiger partial charge in [-0.05, 0) is 58.1 Å². The number of carbonyl (C=O) groups excluding carboxylic acids is 2. The Hall–Kier alpha value is -3.64. The summed E-state index contributed by atoms with van der Waals surface area (Å²) < 4.78 is 23.1. The Morgan fingerprint density at radius 2 is 1.97 bits per heavy atom. The molecule has 0 bridgehead atoms. The van der Waals surface area contributed by atoms with Crippen molar-refractivity contribution >= 4 is 51.4 Å². The predicted octanol–water partition coefficient (Wildman–Crippen LogP) is 4.13. The number of para-hydroxylation sites is 1. The normalized spacial score (nSPS) is 15.1. The van der Waals surface area contributed by atoms with Crippen molar-refractivity contribution in [2.45, 2.75) is 39.8 Å². The molecule has 3 N–H and O–H groups in total. The highest BCUT2D eigenvalue weighted by Gasteiger charge is 2.32. The van der Waals surface area contributed by atoms with Crippen molar-refractivity contribution < 1.29 is 28.5 Å². The first-order valence-corrected chi connectivity index (χ1v) is 13.4. The zero-order valence-electron chi connectivity index (χ0n) is 22.3. The van der Waals surface area contributed by atoms with Gasteiger partial charge in [-0.3, -0.25) is 4.79 Å². The third-order valence-electron chi connectivity index (χ3n) is 5.37. The van der Waals surface area contributed by atoms with Crippen LogP contribution in [0.2, 0.25) is 0 Å². The van der Waals surface area contributed by atoms with E-state index >= 15 is 0 Å². The molecule has 10 nitrogen and oxygen atoms in total. The lowest BCUT2D eigenvalue weighted by atomic mass is 9.95. The van der Waals surface area contributed by atoms with Crippen molar-refractivity contribution in [2.75, 3.05) is 20.3 Å². The maximum Gasteiger partial charge on any atom is 0.338 e. The van der Waals surface area contributed by atoms with Crippen LogP contribution in [-0.2, 0) is 14.3 Å². The number of hydrazone groups is 1. The van der Waals surface area contributed by atoms with Crippen LogP contribution >= 0.6 is 28.1 Å². The molecule has 2 aromatic rings. The highest BCUT2D eigenvalue weighted by atomic mass is 79.9. The molecule has 1 atom stereocenters. The first-order chi connectivity index (χ1) is 18.6. The minimum atomic E-state index is -0.624. The third kappa shape index (κ3) is 7.93. The van der Waals surface area contributed by atoms with E-state index in [-0.39, 0.29) is 19.3 Å². The van der Waals surface area contributed by atoms with Gasteiger partial charge >= 0.3 is 5.97 Å². The lowest BCUT2D eigenvalue weighted by molar-refractivity contribution is -0.139. The van der Waals surface area contributed by atoms with Gasteiger partial charge in [-0.2, -0.15) is 5.10 Å². The Balaban J connectivity index is 1.74. The van der Waals surface area contributed by atoms with Crippen LogP contribution in [0.4, 0.5) is 0 Å². The zero-order chi connectivity index (χ0) is 28.5. The van der Waals surface area contributed by atoms with E-state index in [0.717, 1.165) is 4.47 Å². The molecule has 0 saturated carbocycles. The highest BCUT2D eigenvalue weighted by Crippen LogP contribution is 2.35. The molecule has 0 fully saturated rings. The number of hydrogen-bond acceptors (Lipinski definition) is 8. The number of halogens is 1. The minimum Gasteiger partial charge on any atom is -0.493 e. The molecule has 0 radical (unpaired) electrons. The van der Waals surface area contributed by atoms with Gasteiger partial charge in [0.2, 0.25) is 0 Å². The van der Waals surface area contributed by atoms with Gasteiger partial charge in [0.1, 0.15) is 5.75 Å². The van der Waals surface area contributed by atoms with Crippen LogP contribution in [0.1, 0.15) is 44.9 Å². The number of methoxy groups -OCH3 is 1. The van der Waals surface area contributed by atoms with E-state index in [4.69, 9.17) is 31.2 Å². The van der Waals surface area contributed by atoms with E-state index in [1.54, 1.807) is 57.4 Å². The van der Waals surface area contributed by atoms with Gasteiger partial charge in [-0.25, -0.2) is 10.2 Å². The SMILES string of the molecule is CCOC(=O)C1=C(C)NC(=S)N[C@H]1c1ccccc1OCC(=O)NN=Cc1cc(Br)cc(OC)c1OC(C)C. The average Bonchev–Trinajstić information content (AvgIpc) is 2.88. The summed E-state index contributed by atoms with van der Waals surface area (Å²) in [5.74, 6) is 0.475. The maximum absolute atomic E-state index is 12.7. The number of esters is 1. The Bertz CT molecular complexity index is 1300. The second-order valence-electron chi connectivity index (χ2n) is 8.60. The smallest absolute Gasteiger partial charge is 0.338 e. The molecule has 0 saturated heterocycles. The van der Waals surface area contributed by atoms with Crippen molar-refractivity contribution in [3.8, 4) is 17.2 Å². The number of ether oxygens (including phenoxy) is 4. The summed E-state index contributed by atoms with van der Waals surface area (Å²) in [5, 5.41) is 10.5. The summed E-state index contributed by atoms with van der Waals surface area (Å²) in [7, 11) is 1.55. The summed E-state index contributed by atoms with van der Waals surface area (Å²) >= 11 is 8.75. The first-order valence-electron chi connectivity index (χ1n) is 12.2. The fraction of sp³-hybridized carbons (Fsp3) is 0.333. The van der Waals surface area contributed by atoms with Crippen molar-refractivity contribution in [1.82, 2.24) is 16.1 Å². The molecule has 3 rings (SSSR count). The van der Waals surface area contributed by atoms with Crippen LogP contribution in [0.15, 0.2) is 57.2 Å². The van der Waals surface area contributed by atoms with Crippen LogP contribution < -0.4 is 30.3 Å². The van der Waals surface area contributed by atoms with E-state index in [9.17, 15) is 9.59 Å². The van der Waals surface area contributed by atoms with Crippen LogP contribution in [0, 0.1) is 0 Å². The van der Waals surface area contributed by atoms with Crippen LogP contribution in [-0.4, -0.2) is 49.6 Å². The third-order valence-corrected chi connectivity index (χ3v) is 6.05. The van der Waals surface area contributed by atoms with E-state index in [1.807, 2.05) is 13.8 Å². The Morgan fingerprint density at radius 3 is 2.67 bits per heavy atom. The largest absolute Gasteiger partial charge is 0.493 e. The molecule has 1 aliphatic heterocycles. The zero-order valence-corrected chi connectivity index (χ0v) is 24.7. The number of thiocarbonyl (C=S) groups is 1. The monoisotopic (exact) mass is 618 g/mol. The van der Waals surface area contributed by atoms with Crippen molar-refractivity contribution in [3.05, 3.63) is 63.3 Å². The van der Waals surface area contributed by atoms with Crippen LogP contribution in [0.3, 0.4) is 0 Å². The molecule has 12 heteroatoms. The molecule has 0 aromatic heterocycles. The summed E-state index contributed by atoms with van der Waals surface area (Å²) in [6, 6.07) is 10.0. The topological polar surface area (TPSA) is 120 Å². The van der Waals surface area contributed by atoms with E-state index in [1.165, 1.54) is 6.21 Å². The minimum absolute atomic E-state index is 0.0953. The predicted molar refractivity (Wildman–Crippen MR) is 155 cm³/mol. The van der Waals surface area contributed by atoms with Crippen LogP contribution in [0.5, 0.6) is 17.2 Å². The van der Waals surface area contributed by atoms with Crippen molar-refractivity contribution in [2.24, 2.45) is 5.10 Å². The Labute approximate surface area is 241 Å². The second kappa shape index (κ2) is 13.9. The molecular formula is C27H31BrN4O6S. The van der Waals surface area contributed by atoms with Gasteiger partial charge in [0.05, 0.1) is 37.7 Å². The molecule has 39 heavy (non-hydrogen) atoms. The molecule has 0 spiro atoms. The quantitative estimate of drug-likeness (QED) is 0.148. The Morgan fingerprint density at radius 1 is 1.23 bits per heavy atom. The second-order valence-corrected chi connectivity index (χ2v) is 9.93. The Kier molecular flexibility index (Phi) is 10.7. The molecule has 1 amide bonds. The van der Waals surface area contributed by atoms with Gasteiger partial charge in [-0.15, -0.1) is 0 Å². The lowest BCUT2D eigenvalue weighted by Crippen LogP contribution is -2.45. The molecule has 2 aromatic carbocycles. The van der Waals surface area contributed by atoms with Gasteiger partial charge in [0, 0.05) is 21.3 Å². The van der Waals surface area contributed by atoms with Crippen molar-refractivity contribution in [1.29, 1.82) is 0 Å². The van der Waals surface area contributed by atoms with Crippen LogP contribution in [0.25, 0.3) is 0 Å². The maximum atomic E-state index is 12.7. The number of allylic oxidation sites excluding steroid dienone is 1. The molecule has 1 aliphatic rings. The summed E-state index contributed by atoms with van der Waals surface area (Å²) in [5.41, 5.74) is 4.65. The van der Waals surface area contributed by atoms with Gasteiger partial charge in [-0.1, -0.05) is 34.1 Å². The molecule has 208 valence electrons. The number of benzene rings is 2. The lowest BCUT2D eigenvalue weighted by Gasteiger charge is -2.30. The summed E-state index contributed by atoms with van der Waals surface area (Å²) in [6.45, 7) is 7.19. The number of nitrogens with zero attached hydrogens (tertiary/aromatic N) is 1. The molecular weight excluding hydrogens is 588 g/mol. The fourth-order valence-electron chi connectivity index (χ4n) is 3.80. The molecule has 0 unspecified atom stereocenters. The summed E-state index contributed by atoms with van der Waals surface area (Å²) in [4.78, 5) is 25.3. The molecule has 0 aliphatic carbocycles. The first kappa shape index (κ1) is 29.9. The number of nitrogens with one attached hydrogen (secondary N) is 3. The van der Waals surface area contributed by atoms with Gasteiger partial charge < -0.3 is 29.6 Å². The van der Waals surface area contributed by atoms with Crippen molar-refractivity contribution in [3.63, 3.8) is 0 Å². The van der Waals surface area contributed by atoms with Gasteiger partial charge in [0.15, 0.2) is 23.2 Å². The highest BCUT2D eigenvalue weighted by molar-refractivity contribution is 9.10. The standard InChI is InChI=1S/C27H31BrN4O6S/c1-6-36-26(34)23-16(4)30-27(39)31-24(23)19-9-7-8-10-20(19)37-14-22(33)32-29-13-17-11-18(28)12-21(35-5)25(17)38-15(2)3/h7-13,15,24H,6,14H2,1-5H3,(H,32,33)(H2,30,31,39)/t24-/m0/s1. The molecule has 1 heterocycles. The fourth-order valence-corrected chi connectivity index (χ4v) is 4.53. The number of rotatable bonds is 11. The van der Waals surface area contributed by atoms with E-state index in [0.29, 0.717) is 44.8 Å².